The van der Waals surface area contributed by atoms with Crippen molar-refractivity contribution >= 4 is 41.6 Å². The van der Waals surface area contributed by atoms with E-state index in [1.165, 1.54) is 11.0 Å². The third-order valence-electron chi connectivity index (χ3n) is 4.56. The Balaban J connectivity index is 1.89. The summed E-state index contributed by atoms with van der Waals surface area (Å²) in [5.74, 6) is 0.0439. The second-order valence-electron chi connectivity index (χ2n) is 7.03. The average molecular weight is 448 g/mol. The second kappa shape index (κ2) is 8.93. The van der Waals surface area contributed by atoms with Gasteiger partial charge < -0.3 is 20.6 Å². The van der Waals surface area contributed by atoms with E-state index in [-0.39, 0.29) is 34.8 Å². The number of thiol groups is 1. The van der Waals surface area contributed by atoms with Crippen molar-refractivity contribution in [1.29, 1.82) is 0 Å². The predicted molar refractivity (Wildman–Crippen MR) is 126 cm³/mol. The van der Waals surface area contributed by atoms with E-state index in [1.807, 2.05) is 37.3 Å². The van der Waals surface area contributed by atoms with Gasteiger partial charge in [0.1, 0.15) is 0 Å². The number of nitrogens with zero attached hydrogens (tertiary/aromatic N) is 3. The summed E-state index contributed by atoms with van der Waals surface area (Å²) in [6.45, 7) is 2.03. The number of nitrogens with one attached hydrogen (secondary N) is 2. The van der Waals surface area contributed by atoms with Crippen LogP contribution in [0.15, 0.2) is 57.3 Å². The largest absolute Gasteiger partial charge is 0.505 e. The van der Waals surface area contributed by atoms with Crippen molar-refractivity contribution in [1.82, 2.24) is 10.2 Å². The van der Waals surface area contributed by atoms with Crippen molar-refractivity contribution in [3.8, 4) is 5.75 Å². The number of phenolic OH excluding ortho intramolecular Hbond substituents is 1. The number of amidine groups is 2. The molecule has 3 rings (SSSR count). The molecule has 8 nitrogen and oxygen atoms in total. The standard InChI is InChI=1S/C20H26N5O3PS/c1-4-15(13-9-6-5-7-10-13)21-18-19(24-30(28,29)23-18)22-16-12-8-11-14(17(16)26)20(27)25(2)3/h5-12,15,26,30H,4,29H2,1-3H3,(H2,21,22,23,24,28)/t15-/m0/s1. The lowest BCUT2D eigenvalue weighted by Gasteiger charge is -2.20. The number of hydrogen-bond acceptors (Lipinski definition) is 5. The van der Waals surface area contributed by atoms with E-state index in [0.717, 1.165) is 12.0 Å². The molecule has 2 aromatic rings. The molecule has 0 fully saturated rings. The molecule has 1 amide bonds. The second-order valence-corrected chi connectivity index (χ2v) is 10.6. The lowest BCUT2D eigenvalue weighted by Crippen LogP contribution is -2.36. The van der Waals surface area contributed by atoms with Crippen LogP contribution in [0.25, 0.3) is 0 Å². The van der Waals surface area contributed by atoms with Crippen molar-refractivity contribution in [2.75, 3.05) is 19.4 Å². The summed E-state index contributed by atoms with van der Waals surface area (Å²) in [7, 11) is 2.19. The molecule has 0 spiro atoms. The zero-order valence-electron chi connectivity index (χ0n) is 17.0. The Labute approximate surface area is 179 Å². The van der Waals surface area contributed by atoms with Crippen molar-refractivity contribution in [2.24, 2.45) is 8.80 Å². The molecule has 10 heteroatoms. The summed E-state index contributed by atoms with van der Waals surface area (Å²) in [4.78, 5) is 13.7. The van der Waals surface area contributed by atoms with Crippen LogP contribution in [0.3, 0.4) is 0 Å². The Morgan fingerprint density at radius 1 is 1.13 bits per heavy atom. The first-order chi connectivity index (χ1) is 14.2. The van der Waals surface area contributed by atoms with Gasteiger partial charge in [-0.1, -0.05) is 43.3 Å². The van der Waals surface area contributed by atoms with Gasteiger partial charge in [0.05, 0.1) is 27.2 Å². The molecule has 0 aliphatic carbocycles. The van der Waals surface area contributed by atoms with Gasteiger partial charge in [-0.05, 0) is 32.6 Å². The number of aromatic hydroxyl groups is 1. The third-order valence-corrected chi connectivity index (χ3v) is 6.22. The molecular weight excluding hydrogens is 421 g/mol. The molecule has 1 heterocycles. The van der Waals surface area contributed by atoms with Gasteiger partial charge in [0.15, 0.2) is 17.4 Å². The Morgan fingerprint density at radius 2 is 1.80 bits per heavy atom. The number of rotatable bonds is 5. The van der Waals surface area contributed by atoms with Gasteiger partial charge in [0.25, 0.3) is 5.91 Å². The van der Waals surface area contributed by atoms with E-state index in [0.29, 0.717) is 5.84 Å². The van der Waals surface area contributed by atoms with Gasteiger partial charge in [-0.2, -0.15) is 8.80 Å². The maximum absolute atomic E-state index is 12.6. The summed E-state index contributed by atoms with van der Waals surface area (Å²) in [6.07, 6.45) is 0.773. The van der Waals surface area contributed by atoms with E-state index < -0.39 is 9.92 Å². The summed E-state index contributed by atoms with van der Waals surface area (Å²) >= 11 is 0. The van der Waals surface area contributed by atoms with E-state index in [1.54, 1.807) is 26.2 Å². The van der Waals surface area contributed by atoms with E-state index in [4.69, 9.17) is 0 Å². The molecule has 2 atom stereocenters. The first-order valence-electron chi connectivity index (χ1n) is 9.43. The van der Waals surface area contributed by atoms with E-state index >= 15 is 0 Å². The third kappa shape index (κ3) is 4.86. The Bertz CT molecular complexity index is 1060. The molecule has 1 unspecified atom stereocenters. The number of anilines is 1. The first kappa shape index (κ1) is 21.9. The highest BCUT2D eigenvalue weighted by Crippen LogP contribution is 2.31. The molecule has 0 saturated carbocycles. The maximum atomic E-state index is 12.6. The SMILES string of the molecule is CC[C@H](NC1=N[SH](=O)(P)N=C1Nc1cccc(C(=O)N(C)C)c1O)c1ccccc1. The normalized spacial score (nSPS) is 16.8. The van der Waals surface area contributed by atoms with E-state index in [9.17, 15) is 14.1 Å². The summed E-state index contributed by atoms with van der Waals surface area (Å²) < 4.78 is 21.0. The van der Waals surface area contributed by atoms with Crippen LogP contribution in [0.1, 0.15) is 35.3 Å². The Morgan fingerprint density at radius 3 is 2.43 bits per heavy atom. The monoisotopic (exact) mass is 447 g/mol. The molecule has 1 aliphatic heterocycles. The lowest BCUT2D eigenvalue weighted by atomic mass is 10.0. The zero-order chi connectivity index (χ0) is 21.9. The summed E-state index contributed by atoms with van der Waals surface area (Å²) in [6, 6.07) is 14.6. The quantitative estimate of drug-likeness (QED) is 0.320. The van der Waals surface area contributed by atoms with Crippen LogP contribution in [-0.4, -0.2) is 45.9 Å². The fraction of sp³-hybridized carbons (Fsp3) is 0.250. The van der Waals surface area contributed by atoms with Crippen LogP contribution in [0, 0.1) is 0 Å². The Hall–Kier alpha value is -2.77. The van der Waals surface area contributed by atoms with Gasteiger partial charge in [0.2, 0.25) is 0 Å². The number of carbonyl (C=O) groups is 1. The number of hydrogen-bond donors (Lipinski definition) is 4. The lowest BCUT2D eigenvalue weighted by molar-refractivity contribution is 0.0824. The fourth-order valence-corrected chi connectivity index (χ4v) is 4.65. The highest BCUT2D eigenvalue weighted by Gasteiger charge is 2.26. The van der Waals surface area contributed by atoms with Crippen LogP contribution in [0.2, 0.25) is 0 Å². The van der Waals surface area contributed by atoms with Gasteiger partial charge in [-0.15, -0.1) is 0 Å². The molecule has 1 aliphatic rings. The van der Waals surface area contributed by atoms with E-state index in [2.05, 4.69) is 27.9 Å². The topological polar surface area (TPSA) is 106 Å². The van der Waals surface area contributed by atoms with Crippen LogP contribution in [-0.2, 0) is 9.92 Å². The van der Waals surface area contributed by atoms with Crippen LogP contribution in [0.4, 0.5) is 5.69 Å². The molecular formula is C20H26N5O3PS. The van der Waals surface area contributed by atoms with Crippen LogP contribution < -0.4 is 10.6 Å². The molecule has 0 bridgehead atoms. The fourth-order valence-electron chi connectivity index (χ4n) is 3.04. The van der Waals surface area contributed by atoms with Gasteiger partial charge in [-0.25, -0.2) is 4.21 Å². The minimum absolute atomic E-state index is 0.0599. The average Bonchev–Trinajstić information content (AvgIpc) is 3.00. The Kier molecular flexibility index (Phi) is 6.53. The van der Waals surface area contributed by atoms with Crippen molar-refractivity contribution in [3.63, 3.8) is 0 Å². The van der Waals surface area contributed by atoms with Gasteiger partial charge in [0, 0.05) is 14.1 Å². The minimum atomic E-state index is -3.20. The number of phenols is 1. The zero-order valence-corrected chi connectivity index (χ0v) is 19.1. The first-order valence-corrected chi connectivity index (χ1v) is 12.7. The molecule has 0 radical (unpaired) electrons. The van der Waals surface area contributed by atoms with Crippen LogP contribution >= 0.6 is 8.44 Å². The highest BCUT2D eigenvalue weighted by atomic mass is 32.8. The number of carbonyl (C=O) groups excluding carboxylic acids is 1. The molecule has 0 aromatic heterocycles. The van der Waals surface area contributed by atoms with Crippen molar-refractivity contribution in [2.45, 2.75) is 19.4 Å². The number of benzene rings is 2. The molecule has 3 N–H and O–H groups in total. The predicted octanol–water partition coefficient (Wildman–Crippen LogP) is 2.69. The summed E-state index contributed by atoms with van der Waals surface area (Å²) in [5, 5.41) is 16.9. The van der Waals surface area contributed by atoms with Crippen LogP contribution in [0.5, 0.6) is 5.75 Å². The number of amides is 1. The number of para-hydroxylation sites is 1. The van der Waals surface area contributed by atoms with Crippen molar-refractivity contribution in [3.05, 3.63) is 59.7 Å². The van der Waals surface area contributed by atoms with Crippen molar-refractivity contribution < 1.29 is 14.1 Å². The highest BCUT2D eigenvalue weighted by molar-refractivity contribution is 8.44. The van der Waals surface area contributed by atoms with Gasteiger partial charge >= 0.3 is 0 Å². The summed E-state index contributed by atoms with van der Waals surface area (Å²) in [5.41, 5.74) is 1.49. The van der Waals surface area contributed by atoms with Gasteiger partial charge in [-0.3, -0.25) is 4.79 Å². The molecule has 0 saturated heterocycles. The smallest absolute Gasteiger partial charge is 0.257 e. The maximum Gasteiger partial charge on any atom is 0.257 e. The molecule has 160 valence electrons. The molecule has 30 heavy (non-hydrogen) atoms. The minimum Gasteiger partial charge on any atom is -0.505 e. The molecule has 2 aromatic carbocycles.